The molecule has 0 radical (unpaired) electrons. The highest BCUT2D eigenvalue weighted by Gasteiger charge is 2.30. The van der Waals surface area contributed by atoms with Crippen LogP contribution in [0.5, 0.6) is 0 Å². The van der Waals surface area contributed by atoms with Gasteiger partial charge in [0.1, 0.15) is 16.4 Å². The van der Waals surface area contributed by atoms with E-state index < -0.39 is 34.4 Å². The van der Waals surface area contributed by atoms with Crippen LogP contribution in [0, 0.1) is 6.92 Å². The lowest BCUT2D eigenvalue weighted by molar-refractivity contribution is -0.114. The van der Waals surface area contributed by atoms with Crippen molar-refractivity contribution in [2.75, 3.05) is 29.4 Å². The Balaban J connectivity index is 1.97. The summed E-state index contributed by atoms with van der Waals surface area (Å²) >= 11 is 0.868. The molecule has 1 aromatic heterocycles. The highest BCUT2D eigenvalue weighted by molar-refractivity contribution is 7.92. The van der Waals surface area contributed by atoms with Crippen LogP contribution in [0.2, 0.25) is 0 Å². The first kappa shape index (κ1) is 26.9. The zero-order valence-corrected chi connectivity index (χ0v) is 21.6. The highest BCUT2D eigenvalue weighted by Crippen LogP contribution is 2.34. The molecule has 1 N–H and O–H groups in total. The fourth-order valence-electron chi connectivity index (χ4n) is 3.37. The quantitative estimate of drug-likeness (QED) is 0.389. The summed E-state index contributed by atoms with van der Waals surface area (Å²) in [5, 5.41) is 2.67. The number of thiophene rings is 1. The molecule has 2 aromatic carbocycles. The SMILES string of the molecule is CCOC(=O)c1sc(NC(=O)CN(c2ccccc2)S(=O)(=O)c2ccccc2)c(C(=O)OCC)c1C. The van der Waals surface area contributed by atoms with Crippen LogP contribution in [-0.4, -0.2) is 46.0 Å². The maximum atomic E-state index is 13.4. The van der Waals surface area contributed by atoms with E-state index >= 15 is 0 Å². The van der Waals surface area contributed by atoms with E-state index in [1.807, 2.05) is 0 Å². The van der Waals surface area contributed by atoms with E-state index in [1.165, 1.54) is 12.1 Å². The van der Waals surface area contributed by atoms with Crippen LogP contribution in [-0.2, 0) is 24.3 Å². The molecule has 0 saturated carbocycles. The average Bonchev–Trinajstić information content (AvgIpc) is 3.19. The molecule has 0 atom stereocenters. The van der Waals surface area contributed by atoms with Gasteiger partial charge in [-0.15, -0.1) is 11.3 Å². The van der Waals surface area contributed by atoms with Gasteiger partial charge in [-0.3, -0.25) is 9.10 Å². The van der Waals surface area contributed by atoms with Gasteiger partial charge >= 0.3 is 11.9 Å². The van der Waals surface area contributed by atoms with Crippen molar-refractivity contribution in [1.82, 2.24) is 0 Å². The van der Waals surface area contributed by atoms with Crippen molar-refractivity contribution in [2.24, 2.45) is 0 Å². The number of esters is 2. The van der Waals surface area contributed by atoms with E-state index in [0.29, 0.717) is 5.56 Å². The zero-order chi connectivity index (χ0) is 26.3. The Bertz CT molecular complexity index is 1340. The van der Waals surface area contributed by atoms with E-state index in [0.717, 1.165) is 15.6 Å². The summed E-state index contributed by atoms with van der Waals surface area (Å²) in [7, 11) is -4.09. The van der Waals surface area contributed by atoms with Gasteiger partial charge in [-0.25, -0.2) is 18.0 Å². The molecule has 1 amide bonds. The summed E-state index contributed by atoms with van der Waals surface area (Å²) in [6.45, 7) is 4.50. The number of carbonyl (C=O) groups is 3. The number of nitrogens with zero attached hydrogens (tertiary/aromatic N) is 1. The third-order valence-electron chi connectivity index (χ3n) is 5.00. The summed E-state index contributed by atoms with van der Waals surface area (Å²) < 4.78 is 38.0. The summed E-state index contributed by atoms with van der Waals surface area (Å²) in [6, 6.07) is 16.0. The van der Waals surface area contributed by atoms with E-state index in [2.05, 4.69) is 5.32 Å². The molecule has 0 aliphatic rings. The smallest absolute Gasteiger partial charge is 0.348 e. The van der Waals surface area contributed by atoms with E-state index in [1.54, 1.807) is 69.3 Å². The normalized spacial score (nSPS) is 11.0. The van der Waals surface area contributed by atoms with E-state index in [9.17, 15) is 22.8 Å². The number of hydrogen-bond acceptors (Lipinski definition) is 8. The van der Waals surface area contributed by atoms with Crippen LogP contribution in [0.1, 0.15) is 39.4 Å². The predicted molar refractivity (Wildman–Crippen MR) is 137 cm³/mol. The van der Waals surface area contributed by atoms with Gasteiger partial charge in [0.25, 0.3) is 10.0 Å². The standard InChI is InChI=1S/C25H26N2O7S2/c1-4-33-24(29)21-17(3)22(25(30)34-5-2)35-23(21)26-20(28)16-27(18-12-8-6-9-13-18)36(31,32)19-14-10-7-11-15-19/h6-15H,4-5,16H2,1-3H3,(H,26,28). The second kappa shape index (κ2) is 11.8. The number of ether oxygens (including phenoxy) is 2. The lowest BCUT2D eigenvalue weighted by Gasteiger charge is -2.24. The fraction of sp³-hybridized carbons (Fsp3) is 0.240. The number of para-hydroxylation sites is 1. The van der Waals surface area contributed by atoms with Gasteiger partial charge in [0.05, 0.1) is 29.4 Å². The molecule has 0 unspecified atom stereocenters. The minimum atomic E-state index is -4.09. The third-order valence-corrected chi connectivity index (χ3v) is 7.98. The van der Waals surface area contributed by atoms with Crippen molar-refractivity contribution >= 4 is 49.9 Å². The Hall–Kier alpha value is -3.70. The minimum absolute atomic E-state index is 0.0189. The number of carbonyl (C=O) groups excluding carboxylic acids is 3. The van der Waals surface area contributed by atoms with Crippen molar-refractivity contribution in [3.05, 3.63) is 76.7 Å². The number of anilines is 2. The molecule has 9 nitrogen and oxygen atoms in total. The molecule has 190 valence electrons. The summed E-state index contributed by atoms with van der Waals surface area (Å²) in [6.07, 6.45) is 0. The molecular weight excluding hydrogens is 504 g/mol. The topological polar surface area (TPSA) is 119 Å². The fourth-order valence-corrected chi connectivity index (χ4v) is 5.91. The molecule has 11 heteroatoms. The summed E-state index contributed by atoms with van der Waals surface area (Å²) in [5.41, 5.74) is 0.621. The largest absolute Gasteiger partial charge is 0.462 e. The van der Waals surface area contributed by atoms with Crippen LogP contribution in [0.25, 0.3) is 0 Å². The predicted octanol–water partition coefficient (Wildman–Crippen LogP) is 4.24. The molecule has 0 aliphatic carbocycles. The molecule has 0 saturated heterocycles. The van der Waals surface area contributed by atoms with E-state index in [4.69, 9.17) is 9.47 Å². The third kappa shape index (κ3) is 5.92. The van der Waals surface area contributed by atoms with Gasteiger partial charge in [0.15, 0.2) is 0 Å². The van der Waals surface area contributed by atoms with Gasteiger partial charge < -0.3 is 14.8 Å². The van der Waals surface area contributed by atoms with Gasteiger partial charge in [-0.2, -0.15) is 0 Å². The second-order valence-electron chi connectivity index (χ2n) is 7.41. The number of sulfonamides is 1. The van der Waals surface area contributed by atoms with Gasteiger partial charge in [-0.05, 0) is 50.6 Å². The highest BCUT2D eigenvalue weighted by atomic mass is 32.2. The van der Waals surface area contributed by atoms with Crippen molar-refractivity contribution in [3.63, 3.8) is 0 Å². The molecule has 3 aromatic rings. The van der Waals surface area contributed by atoms with Crippen molar-refractivity contribution < 1.29 is 32.3 Å². The zero-order valence-electron chi connectivity index (χ0n) is 20.0. The Morgan fingerprint density at radius 1 is 0.889 bits per heavy atom. The Labute approximate surface area is 213 Å². The van der Waals surface area contributed by atoms with Crippen LogP contribution >= 0.6 is 11.3 Å². The Morgan fingerprint density at radius 3 is 2.03 bits per heavy atom. The van der Waals surface area contributed by atoms with Gasteiger partial charge in [-0.1, -0.05) is 36.4 Å². The number of rotatable bonds is 10. The van der Waals surface area contributed by atoms with Crippen LogP contribution < -0.4 is 9.62 Å². The number of benzene rings is 2. The average molecular weight is 531 g/mol. The summed E-state index contributed by atoms with van der Waals surface area (Å²) in [5.74, 6) is -2.06. The number of hydrogen-bond donors (Lipinski definition) is 1. The first-order valence-corrected chi connectivity index (χ1v) is 13.4. The van der Waals surface area contributed by atoms with Gasteiger partial charge in [0, 0.05) is 0 Å². The van der Waals surface area contributed by atoms with Gasteiger partial charge in [0.2, 0.25) is 5.91 Å². The first-order valence-electron chi connectivity index (χ1n) is 11.1. The van der Waals surface area contributed by atoms with Crippen molar-refractivity contribution in [2.45, 2.75) is 25.7 Å². The Kier molecular flexibility index (Phi) is 8.83. The lowest BCUT2D eigenvalue weighted by atomic mass is 10.1. The van der Waals surface area contributed by atoms with Crippen LogP contribution in [0.15, 0.2) is 65.6 Å². The second-order valence-corrected chi connectivity index (χ2v) is 10.3. The molecular formula is C25H26N2O7S2. The maximum Gasteiger partial charge on any atom is 0.348 e. The minimum Gasteiger partial charge on any atom is -0.462 e. The molecule has 36 heavy (non-hydrogen) atoms. The number of amides is 1. The molecule has 0 spiro atoms. The Morgan fingerprint density at radius 2 is 1.44 bits per heavy atom. The number of nitrogens with one attached hydrogen (secondary N) is 1. The molecule has 0 fully saturated rings. The lowest BCUT2D eigenvalue weighted by Crippen LogP contribution is -2.38. The molecule has 0 bridgehead atoms. The van der Waals surface area contributed by atoms with Crippen LogP contribution in [0.3, 0.4) is 0 Å². The molecule has 0 aliphatic heterocycles. The maximum absolute atomic E-state index is 13.4. The monoisotopic (exact) mass is 530 g/mol. The van der Waals surface area contributed by atoms with Crippen LogP contribution in [0.4, 0.5) is 10.7 Å². The first-order chi connectivity index (χ1) is 17.2. The van der Waals surface area contributed by atoms with E-state index in [-0.39, 0.29) is 39.2 Å². The van der Waals surface area contributed by atoms with Crippen molar-refractivity contribution in [3.8, 4) is 0 Å². The molecule has 3 rings (SSSR count). The molecule has 1 heterocycles. The summed E-state index contributed by atoms with van der Waals surface area (Å²) in [4.78, 5) is 38.3. The van der Waals surface area contributed by atoms with Crippen molar-refractivity contribution in [1.29, 1.82) is 0 Å².